The molecule has 0 aliphatic rings. The van der Waals surface area contributed by atoms with Gasteiger partial charge in [0.1, 0.15) is 17.5 Å². The van der Waals surface area contributed by atoms with Crippen LogP contribution in [0.4, 0.5) is 13.2 Å². The van der Waals surface area contributed by atoms with E-state index in [1.807, 2.05) is 24.3 Å². The van der Waals surface area contributed by atoms with Gasteiger partial charge in [0.15, 0.2) is 0 Å². The van der Waals surface area contributed by atoms with E-state index in [1.54, 1.807) is 32.9 Å². The van der Waals surface area contributed by atoms with Crippen LogP contribution in [-0.4, -0.2) is 18.1 Å². The van der Waals surface area contributed by atoms with Crippen LogP contribution in [0.1, 0.15) is 56.5 Å². The van der Waals surface area contributed by atoms with Gasteiger partial charge in [-0.25, -0.2) is 0 Å². The van der Waals surface area contributed by atoms with Crippen molar-refractivity contribution in [1.29, 1.82) is 0 Å². The summed E-state index contributed by atoms with van der Waals surface area (Å²) < 4.78 is 45.6. The zero-order chi connectivity index (χ0) is 21.7. The van der Waals surface area contributed by atoms with Crippen LogP contribution >= 0.6 is 0 Å². The van der Waals surface area contributed by atoms with E-state index in [1.165, 1.54) is 17.7 Å². The van der Waals surface area contributed by atoms with Crippen molar-refractivity contribution in [3.63, 3.8) is 0 Å². The first-order valence-electron chi connectivity index (χ1n) is 9.72. The van der Waals surface area contributed by atoms with E-state index in [2.05, 4.69) is 12.2 Å². The molecule has 0 bridgehead atoms. The number of aryl methyl sites for hydroxylation is 1. The number of ether oxygens (including phenoxy) is 1. The number of amides is 1. The van der Waals surface area contributed by atoms with Gasteiger partial charge in [-0.05, 0) is 60.2 Å². The molecule has 3 nitrogen and oxygen atoms in total. The Kier molecular flexibility index (Phi) is 7.33. The van der Waals surface area contributed by atoms with E-state index in [-0.39, 0.29) is 12.0 Å². The molecule has 0 radical (unpaired) electrons. The molecule has 0 saturated carbocycles. The first-order chi connectivity index (χ1) is 13.5. The third-order valence-corrected chi connectivity index (χ3v) is 4.33. The smallest absolute Gasteiger partial charge is 0.408 e. The number of hydrogen-bond donors (Lipinski definition) is 1. The second-order valence-corrected chi connectivity index (χ2v) is 8.35. The number of alkyl halides is 3. The summed E-state index contributed by atoms with van der Waals surface area (Å²) in [5.41, 5.74) is 0.804. The van der Waals surface area contributed by atoms with Gasteiger partial charge in [-0.1, -0.05) is 46.2 Å². The molecule has 2 aromatic rings. The second-order valence-electron chi connectivity index (χ2n) is 8.35. The first-order valence-corrected chi connectivity index (χ1v) is 9.72. The van der Waals surface area contributed by atoms with Gasteiger partial charge in [0.05, 0.1) is 0 Å². The number of carbonyl (C=O) groups excluding carboxylic acids is 1. The first kappa shape index (κ1) is 22.8. The van der Waals surface area contributed by atoms with Crippen LogP contribution in [0.5, 0.6) is 11.5 Å². The topological polar surface area (TPSA) is 38.3 Å². The standard InChI is InChI=1S/C23H28F3NO2/c1-5-6-16-7-11-18(12-8-16)29-19-13-9-17(10-14-19)21(28)27-20(23(24,25)26)15-22(2,3)4/h7-14,20H,5-6,15H2,1-4H3,(H,27,28). The number of rotatable bonds is 7. The minimum absolute atomic E-state index is 0.152. The van der Waals surface area contributed by atoms with Crippen LogP contribution in [0.3, 0.4) is 0 Å². The molecular weight excluding hydrogens is 379 g/mol. The Bertz CT molecular complexity index is 791. The van der Waals surface area contributed by atoms with Crippen molar-refractivity contribution in [2.45, 2.75) is 59.2 Å². The van der Waals surface area contributed by atoms with Crippen molar-refractivity contribution in [3.8, 4) is 11.5 Å². The highest BCUT2D eigenvalue weighted by molar-refractivity contribution is 5.94. The molecule has 29 heavy (non-hydrogen) atoms. The van der Waals surface area contributed by atoms with Gasteiger partial charge in [-0.2, -0.15) is 13.2 Å². The second kappa shape index (κ2) is 9.33. The van der Waals surface area contributed by atoms with Crippen LogP contribution in [0.15, 0.2) is 48.5 Å². The van der Waals surface area contributed by atoms with Crippen molar-refractivity contribution in [2.24, 2.45) is 5.41 Å². The fourth-order valence-corrected chi connectivity index (χ4v) is 2.93. The maximum Gasteiger partial charge on any atom is 0.408 e. The summed E-state index contributed by atoms with van der Waals surface area (Å²) in [5.74, 6) is 0.406. The Morgan fingerprint density at radius 1 is 0.966 bits per heavy atom. The van der Waals surface area contributed by atoms with Crippen molar-refractivity contribution in [3.05, 3.63) is 59.7 Å². The van der Waals surface area contributed by atoms with E-state index in [4.69, 9.17) is 4.74 Å². The lowest BCUT2D eigenvalue weighted by atomic mass is 9.87. The fraction of sp³-hybridized carbons (Fsp3) is 0.435. The van der Waals surface area contributed by atoms with Gasteiger partial charge in [-0.3, -0.25) is 4.79 Å². The van der Waals surface area contributed by atoms with Crippen molar-refractivity contribution in [2.75, 3.05) is 0 Å². The van der Waals surface area contributed by atoms with Crippen molar-refractivity contribution < 1.29 is 22.7 Å². The fourth-order valence-electron chi connectivity index (χ4n) is 2.93. The van der Waals surface area contributed by atoms with E-state index < -0.39 is 23.5 Å². The highest BCUT2D eigenvalue weighted by Crippen LogP contribution is 2.31. The summed E-state index contributed by atoms with van der Waals surface area (Å²) in [4.78, 5) is 12.3. The van der Waals surface area contributed by atoms with Gasteiger partial charge in [0.2, 0.25) is 0 Å². The number of benzene rings is 2. The molecule has 0 aromatic heterocycles. The predicted molar refractivity (Wildman–Crippen MR) is 108 cm³/mol. The lowest BCUT2D eigenvalue weighted by Crippen LogP contribution is -2.47. The molecule has 1 atom stereocenters. The predicted octanol–water partition coefficient (Wildman–Crippen LogP) is 6.53. The summed E-state index contributed by atoms with van der Waals surface area (Å²) in [6.45, 7) is 7.23. The van der Waals surface area contributed by atoms with E-state index in [0.29, 0.717) is 11.5 Å². The van der Waals surface area contributed by atoms with E-state index in [0.717, 1.165) is 12.8 Å². The van der Waals surface area contributed by atoms with Crippen molar-refractivity contribution >= 4 is 5.91 Å². The quantitative estimate of drug-likeness (QED) is 0.567. The summed E-state index contributed by atoms with van der Waals surface area (Å²) in [6.07, 6.45) is -2.64. The third-order valence-electron chi connectivity index (χ3n) is 4.33. The molecule has 0 aliphatic carbocycles. The number of hydrogen-bond acceptors (Lipinski definition) is 2. The summed E-state index contributed by atoms with van der Waals surface area (Å²) in [5, 5.41) is 2.11. The van der Waals surface area contributed by atoms with Gasteiger partial charge >= 0.3 is 6.18 Å². The molecular formula is C23H28F3NO2. The van der Waals surface area contributed by atoms with E-state index in [9.17, 15) is 18.0 Å². The average Bonchev–Trinajstić information content (AvgIpc) is 2.62. The minimum atomic E-state index is -4.50. The molecule has 1 amide bonds. The Morgan fingerprint density at radius 3 is 1.93 bits per heavy atom. The monoisotopic (exact) mass is 407 g/mol. The highest BCUT2D eigenvalue weighted by atomic mass is 19.4. The molecule has 2 rings (SSSR count). The van der Waals surface area contributed by atoms with Gasteiger partial charge in [0, 0.05) is 5.56 Å². The van der Waals surface area contributed by atoms with Crippen LogP contribution < -0.4 is 10.1 Å². The molecule has 6 heteroatoms. The molecule has 0 saturated heterocycles. The molecule has 0 heterocycles. The van der Waals surface area contributed by atoms with Crippen LogP contribution in [0.2, 0.25) is 0 Å². The third kappa shape index (κ3) is 7.44. The van der Waals surface area contributed by atoms with Gasteiger partial charge in [-0.15, -0.1) is 0 Å². The molecule has 158 valence electrons. The molecule has 0 aliphatic heterocycles. The Labute approximate surface area is 170 Å². The summed E-state index contributed by atoms with van der Waals surface area (Å²) >= 11 is 0. The van der Waals surface area contributed by atoms with Crippen LogP contribution in [-0.2, 0) is 6.42 Å². The van der Waals surface area contributed by atoms with Crippen LogP contribution in [0, 0.1) is 5.41 Å². The highest BCUT2D eigenvalue weighted by Gasteiger charge is 2.42. The largest absolute Gasteiger partial charge is 0.457 e. The van der Waals surface area contributed by atoms with Crippen molar-refractivity contribution in [1.82, 2.24) is 5.32 Å². The summed E-state index contributed by atoms with van der Waals surface area (Å²) in [6, 6.07) is 11.9. The van der Waals surface area contributed by atoms with Crippen LogP contribution in [0.25, 0.3) is 0 Å². The number of nitrogens with one attached hydrogen (secondary N) is 1. The Morgan fingerprint density at radius 2 is 1.48 bits per heavy atom. The maximum atomic E-state index is 13.3. The minimum Gasteiger partial charge on any atom is -0.457 e. The maximum absolute atomic E-state index is 13.3. The summed E-state index contributed by atoms with van der Waals surface area (Å²) in [7, 11) is 0. The molecule has 2 aromatic carbocycles. The number of carbonyl (C=O) groups is 1. The zero-order valence-electron chi connectivity index (χ0n) is 17.3. The lowest BCUT2D eigenvalue weighted by molar-refractivity contribution is -0.159. The Balaban J connectivity index is 2.03. The molecule has 0 spiro atoms. The SMILES string of the molecule is CCCc1ccc(Oc2ccc(C(=O)NC(CC(C)(C)C)C(F)(F)F)cc2)cc1. The van der Waals surface area contributed by atoms with Gasteiger partial charge < -0.3 is 10.1 Å². The lowest BCUT2D eigenvalue weighted by Gasteiger charge is -2.28. The zero-order valence-corrected chi connectivity index (χ0v) is 17.3. The molecule has 1 unspecified atom stereocenters. The molecule has 0 fully saturated rings. The Hall–Kier alpha value is -2.50. The normalized spacial score (nSPS) is 13.1. The average molecular weight is 407 g/mol. The van der Waals surface area contributed by atoms with Gasteiger partial charge in [0.25, 0.3) is 5.91 Å². The number of halogens is 3. The van der Waals surface area contributed by atoms with E-state index >= 15 is 0 Å². The molecule has 1 N–H and O–H groups in total.